The quantitative estimate of drug-likeness (QED) is 0.272. The molecule has 0 unspecified atom stereocenters. The van der Waals surface area contributed by atoms with E-state index >= 15 is 0 Å². The summed E-state index contributed by atoms with van der Waals surface area (Å²) >= 11 is 0. The van der Waals surface area contributed by atoms with Gasteiger partial charge in [-0.25, -0.2) is 13.2 Å². The van der Waals surface area contributed by atoms with Crippen LogP contribution < -0.4 is 15.4 Å². The molecule has 0 spiro atoms. The van der Waals surface area contributed by atoms with Gasteiger partial charge in [0, 0.05) is 18.7 Å². The Labute approximate surface area is 277 Å². The Morgan fingerprint density at radius 1 is 0.915 bits per heavy atom. The van der Waals surface area contributed by atoms with Crippen molar-refractivity contribution in [2.75, 3.05) is 24.1 Å². The molecule has 3 aromatic rings. The summed E-state index contributed by atoms with van der Waals surface area (Å²) in [6.45, 7) is 9.16. The highest BCUT2D eigenvalue weighted by atomic mass is 32.2. The number of fused-ring (bicyclic) bond motifs is 1. The number of ether oxygens (including phenoxy) is 2. The predicted molar refractivity (Wildman–Crippen MR) is 181 cm³/mol. The van der Waals surface area contributed by atoms with Gasteiger partial charge in [0.05, 0.1) is 25.2 Å². The van der Waals surface area contributed by atoms with Crippen LogP contribution in [0.2, 0.25) is 0 Å². The first kappa shape index (κ1) is 35.4. The van der Waals surface area contributed by atoms with Crippen LogP contribution in [0.5, 0.6) is 0 Å². The Kier molecular flexibility index (Phi) is 11.0. The molecule has 0 aliphatic carbocycles. The molecule has 0 saturated heterocycles. The molecule has 0 saturated carbocycles. The zero-order valence-electron chi connectivity index (χ0n) is 27.8. The first-order chi connectivity index (χ1) is 22.0. The number of amides is 3. The van der Waals surface area contributed by atoms with E-state index in [4.69, 9.17) is 9.47 Å². The lowest BCUT2D eigenvalue weighted by molar-refractivity contribution is -0.140. The maximum absolute atomic E-state index is 13.9. The number of carbonyl (C=O) groups excluding carboxylic acids is 3. The fourth-order valence-electron chi connectivity index (χ4n) is 5.15. The van der Waals surface area contributed by atoms with E-state index in [0.717, 1.165) is 34.1 Å². The molecule has 12 heteroatoms. The summed E-state index contributed by atoms with van der Waals surface area (Å²) in [6, 6.07) is 21.6. The number of rotatable bonds is 11. The molecule has 3 amide bonds. The lowest BCUT2D eigenvalue weighted by Gasteiger charge is -2.34. The maximum atomic E-state index is 13.9. The van der Waals surface area contributed by atoms with E-state index in [1.165, 1.54) is 13.8 Å². The molecule has 1 atom stereocenters. The maximum Gasteiger partial charge on any atom is 0.408 e. The number of alkyl carbamates (subject to hydrolysis) is 1. The van der Waals surface area contributed by atoms with E-state index < -0.39 is 39.2 Å². The minimum absolute atomic E-state index is 0.0750. The zero-order chi connectivity index (χ0) is 34.4. The molecule has 1 aliphatic rings. The van der Waals surface area contributed by atoms with Crippen molar-refractivity contribution < 1.29 is 32.3 Å². The van der Waals surface area contributed by atoms with Gasteiger partial charge < -0.3 is 25.0 Å². The van der Waals surface area contributed by atoms with Crippen LogP contribution >= 0.6 is 0 Å². The van der Waals surface area contributed by atoms with Crippen LogP contribution in [-0.2, 0) is 48.7 Å². The number of carbonyl (C=O) groups is 3. The molecule has 11 nitrogen and oxygen atoms in total. The average Bonchev–Trinajstić information content (AvgIpc) is 2.98. The van der Waals surface area contributed by atoms with Gasteiger partial charge in [-0.1, -0.05) is 66.7 Å². The second kappa shape index (κ2) is 14.6. The van der Waals surface area contributed by atoms with E-state index in [1.807, 2.05) is 60.7 Å². The first-order valence-electron chi connectivity index (χ1n) is 15.4. The summed E-state index contributed by atoms with van der Waals surface area (Å²) in [4.78, 5) is 41.5. The van der Waals surface area contributed by atoms with Crippen molar-refractivity contribution in [1.29, 1.82) is 0 Å². The third-order valence-electron chi connectivity index (χ3n) is 7.44. The Balaban J connectivity index is 1.50. The average molecular weight is 665 g/mol. The van der Waals surface area contributed by atoms with Gasteiger partial charge in [0.15, 0.2) is 0 Å². The van der Waals surface area contributed by atoms with Crippen molar-refractivity contribution >= 4 is 33.6 Å². The van der Waals surface area contributed by atoms with Gasteiger partial charge in [-0.2, -0.15) is 0 Å². The Hall–Kier alpha value is -4.42. The van der Waals surface area contributed by atoms with Crippen molar-refractivity contribution in [3.8, 4) is 11.1 Å². The molecule has 3 aromatic carbocycles. The molecule has 0 fully saturated rings. The number of hydrogen-bond donors (Lipinski definition) is 3. The highest BCUT2D eigenvalue weighted by Crippen LogP contribution is 2.32. The minimum Gasteiger partial charge on any atom is -0.444 e. The van der Waals surface area contributed by atoms with E-state index in [-0.39, 0.29) is 19.1 Å². The van der Waals surface area contributed by atoms with Gasteiger partial charge >= 0.3 is 6.09 Å². The third-order valence-corrected chi connectivity index (χ3v) is 8.03. The molecule has 0 radical (unpaired) electrons. The summed E-state index contributed by atoms with van der Waals surface area (Å²) < 4.78 is 37.7. The van der Waals surface area contributed by atoms with E-state index in [0.29, 0.717) is 25.2 Å². The van der Waals surface area contributed by atoms with Gasteiger partial charge in [-0.05, 0) is 69.4 Å². The van der Waals surface area contributed by atoms with Crippen LogP contribution in [0, 0.1) is 0 Å². The fourth-order valence-corrected chi connectivity index (χ4v) is 5.73. The number of benzene rings is 3. The van der Waals surface area contributed by atoms with Crippen molar-refractivity contribution in [2.24, 2.45) is 0 Å². The fraction of sp³-hybridized carbons (Fsp3) is 0.400. The number of anilines is 1. The summed E-state index contributed by atoms with van der Waals surface area (Å²) in [5.41, 5.74) is 2.88. The topological polar surface area (TPSA) is 143 Å². The molecule has 1 aliphatic heterocycles. The number of nitrogens with one attached hydrogen (secondary N) is 3. The summed E-state index contributed by atoms with van der Waals surface area (Å²) in [5, 5.41) is 5.40. The third kappa shape index (κ3) is 10.3. The Morgan fingerprint density at radius 3 is 2.28 bits per heavy atom. The molecule has 3 N–H and O–H groups in total. The van der Waals surface area contributed by atoms with Crippen LogP contribution in [0.25, 0.3) is 11.1 Å². The highest BCUT2D eigenvalue weighted by Gasteiger charge is 2.36. The summed E-state index contributed by atoms with van der Waals surface area (Å²) in [5.74, 6) is -0.870. The number of hydrogen-bond acceptors (Lipinski definition) is 7. The van der Waals surface area contributed by atoms with Gasteiger partial charge in [0.2, 0.25) is 21.8 Å². The first-order valence-corrected chi connectivity index (χ1v) is 17.3. The van der Waals surface area contributed by atoms with Crippen molar-refractivity contribution in [3.63, 3.8) is 0 Å². The smallest absolute Gasteiger partial charge is 0.408 e. The SMILES string of the molecule is CC(C)(C)OC(=O)NC(C)(C)C(=O)N[C@H](COCc1ccccc1)C(=O)N1CCc2cc(-c3ccccc3NS(C)(=O)=O)ccc2C1. The second-order valence-electron chi connectivity index (χ2n) is 13.2. The molecule has 0 aromatic heterocycles. The van der Waals surface area contributed by atoms with Crippen LogP contribution in [0.3, 0.4) is 0 Å². The molecular weight excluding hydrogens is 620 g/mol. The molecule has 252 valence electrons. The van der Waals surface area contributed by atoms with Gasteiger partial charge in [0.25, 0.3) is 0 Å². The van der Waals surface area contributed by atoms with Crippen LogP contribution in [0.15, 0.2) is 72.8 Å². The number of para-hydroxylation sites is 1. The van der Waals surface area contributed by atoms with Gasteiger partial charge in [-0.3, -0.25) is 14.3 Å². The number of nitrogens with zero attached hydrogens (tertiary/aromatic N) is 1. The Bertz CT molecular complexity index is 1700. The monoisotopic (exact) mass is 664 g/mol. The molecule has 1 heterocycles. The van der Waals surface area contributed by atoms with Gasteiger partial charge in [0.1, 0.15) is 17.2 Å². The zero-order valence-corrected chi connectivity index (χ0v) is 28.6. The second-order valence-corrected chi connectivity index (χ2v) is 14.9. The molecular formula is C35H44N4O7S. The van der Waals surface area contributed by atoms with Crippen molar-refractivity contribution in [2.45, 2.75) is 71.4 Å². The van der Waals surface area contributed by atoms with Crippen LogP contribution in [-0.4, -0.2) is 67.8 Å². The summed E-state index contributed by atoms with van der Waals surface area (Å²) in [7, 11) is -3.47. The molecule has 4 rings (SSSR count). The lowest BCUT2D eigenvalue weighted by Crippen LogP contribution is -2.60. The Morgan fingerprint density at radius 2 is 1.60 bits per heavy atom. The largest absolute Gasteiger partial charge is 0.444 e. The highest BCUT2D eigenvalue weighted by molar-refractivity contribution is 7.92. The molecule has 47 heavy (non-hydrogen) atoms. The minimum atomic E-state index is -3.47. The van der Waals surface area contributed by atoms with Crippen LogP contribution in [0.4, 0.5) is 10.5 Å². The van der Waals surface area contributed by atoms with Crippen molar-refractivity contribution in [3.05, 3.63) is 89.5 Å². The summed E-state index contributed by atoms with van der Waals surface area (Å²) in [6.07, 6.45) is 0.930. The van der Waals surface area contributed by atoms with E-state index in [2.05, 4.69) is 15.4 Å². The van der Waals surface area contributed by atoms with E-state index in [1.54, 1.807) is 37.8 Å². The van der Waals surface area contributed by atoms with Gasteiger partial charge in [-0.15, -0.1) is 0 Å². The van der Waals surface area contributed by atoms with Crippen LogP contribution in [0.1, 0.15) is 51.3 Å². The molecule has 0 bridgehead atoms. The lowest BCUT2D eigenvalue weighted by atomic mass is 9.93. The van der Waals surface area contributed by atoms with E-state index in [9.17, 15) is 22.8 Å². The normalized spacial score (nSPS) is 14.0. The standard InChI is InChI=1S/C35H44N4O7S/c1-34(2,3)46-33(42)37-35(4,5)32(41)36-30(23-45-22-24-12-8-7-9-13-24)31(40)39-19-18-25-20-26(16-17-27(25)21-39)28-14-10-11-15-29(28)38-47(6,43)44/h7-17,20,30,38H,18-19,21-23H2,1-6H3,(H,36,41)(H,37,42)/t30-/m1/s1. The van der Waals surface area contributed by atoms with Crippen molar-refractivity contribution in [1.82, 2.24) is 15.5 Å². The number of sulfonamides is 1. The predicted octanol–water partition coefficient (Wildman–Crippen LogP) is 4.61.